The zero-order valence-corrected chi connectivity index (χ0v) is 15.0. The molecule has 0 aromatic rings. The van der Waals surface area contributed by atoms with Gasteiger partial charge in [-0.1, -0.05) is 0 Å². The molecule has 2 N–H and O–H groups in total. The Morgan fingerprint density at radius 3 is 2.22 bits per heavy atom. The first-order valence-corrected chi connectivity index (χ1v) is 8.98. The van der Waals surface area contributed by atoms with E-state index in [9.17, 15) is 22.6 Å². The van der Waals surface area contributed by atoms with Gasteiger partial charge < -0.3 is 15.0 Å². The summed E-state index contributed by atoms with van der Waals surface area (Å²) < 4.78 is 37.6. The molecule has 3 atom stereocenters. The van der Waals surface area contributed by atoms with Gasteiger partial charge in [-0.2, -0.15) is 8.42 Å². The molecule has 0 saturated heterocycles. The van der Waals surface area contributed by atoms with Crippen LogP contribution in [0.5, 0.6) is 0 Å². The lowest BCUT2D eigenvalue weighted by atomic mass is 9.84. The first-order chi connectivity index (χ1) is 10.3. The summed E-state index contributed by atoms with van der Waals surface area (Å²) in [4.78, 5) is 25.4. The molecule has 0 bridgehead atoms. The Hall–Kier alpha value is -1.35. The summed E-state index contributed by atoms with van der Waals surface area (Å²) >= 11 is 0. The van der Waals surface area contributed by atoms with Crippen molar-refractivity contribution in [2.75, 3.05) is 14.1 Å². The van der Waals surface area contributed by atoms with E-state index in [0.717, 1.165) is 0 Å². The average molecular weight is 350 g/mol. The van der Waals surface area contributed by atoms with Gasteiger partial charge >= 0.3 is 6.09 Å². The number of rotatable bonds is 3. The standard InChI is InChI=1S/C14H26N2O6S/c1-14(2,3)22-13(18)15-10-8-9(12(17)16(4)5)6-7-11(10)23(19,20)21/h9-11H,6-8H2,1-5H3,(H,15,18)(H,19,20,21)/t9-,10+,11+/m0/s1. The van der Waals surface area contributed by atoms with Gasteiger partial charge in [0, 0.05) is 20.0 Å². The fourth-order valence-corrected chi connectivity index (χ4v) is 3.73. The van der Waals surface area contributed by atoms with E-state index in [-0.39, 0.29) is 18.7 Å². The maximum Gasteiger partial charge on any atom is 0.407 e. The van der Waals surface area contributed by atoms with E-state index < -0.39 is 39.0 Å². The first-order valence-electron chi connectivity index (χ1n) is 7.48. The highest BCUT2D eigenvalue weighted by Crippen LogP contribution is 2.30. The fourth-order valence-electron chi connectivity index (χ4n) is 2.70. The van der Waals surface area contributed by atoms with Crippen LogP contribution >= 0.6 is 0 Å². The summed E-state index contributed by atoms with van der Waals surface area (Å²) in [7, 11) is -1.09. The van der Waals surface area contributed by atoms with Crippen molar-refractivity contribution in [2.45, 2.75) is 56.9 Å². The van der Waals surface area contributed by atoms with E-state index in [0.29, 0.717) is 6.42 Å². The Kier molecular flexibility index (Phi) is 6.03. The lowest BCUT2D eigenvalue weighted by Crippen LogP contribution is -2.52. The van der Waals surface area contributed by atoms with Crippen molar-refractivity contribution in [2.24, 2.45) is 5.92 Å². The van der Waals surface area contributed by atoms with Crippen LogP contribution in [0.1, 0.15) is 40.0 Å². The Morgan fingerprint density at radius 2 is 1.78 bits per heavy atom. The third-order valence-corrected chi connectivity index (χ3v) is 4.99. The van der Waals surface area contributed by atoms with Crippen molar-refractivity contribution in [1.82, 2.24) is 10.2 Å². The summed E-state index contributed by atoms with van der Waals surface area (Å²) in [6.45, 7) is 5.06. The van der Waals surface area contributed by atoms with E-state index in [1.807, 2.05) is 0 Å². The Labute approximate surface area is 137 Å². The van der Waals surface area contributed by atoms with Crippen LogP contribution in [0.15, 0.2) is 0 Å². The third-order valence-electron chi connectivity index (χ3n) is 3.66. The monoisotopic (exact) mass is 350 g/mol. The number of carbonyl (C=O) groups is 2. The molecular weight excluding hydrogens is 324 g/mol. The number of amides is 2. The molecule has 2 amide bonds. The second-order valence-corrected chi connectivity index (χ2v) is 8.68. The average Bonchev–Trinajstić information content (AvgIpc) is 2.33. The number of nitrogens with zero attached hydrogens (tertiary/aromatic N) is 1. The van der Waals surface area contributed by atoms with Crippen molar-refractivity contribution < 1.29 is 27.3 Å². The van der Waals surface area contributed by atoms with Crippen molar-refractivity contribution in [3.8, 4) is 0 Å². The molecule has 1 saturated carbocycles. The van der Waals surface area contributed by atoms with Crippen molar-refractivity contribution >= 4 is 22.1 Å². The van der Waals surface area contributed by atoms with Crippen LogP contribution in [-0.2, 0) is 19.6 Å². The number of hydrogen-bond acceptors (Lipinski definition) is 5. The van der Waals surface area contributed by atoms with Gasteiger partial charge in [0.05, 0.1) is 6.04 Å². The van der Waals surface area contributed by atoms with Gasteiger partial charge in [0.25, 0.3) is 10.1 Å². The largest absolute Gasteiger partial charge is 0.444 e. The van der Waals surface area contributed by atoms with Crippen molar-refractivity contribution in [1.29, 1.82) is 0 Å². The smallest absolute Gasteiger partial charge is 0.407 e. The van der Waals surface area contributed by atoms with E-state index >= 15 is 0 Å². The number of alkyl carbamates (subject to hydrolysis) is 1. The molecule has 0 radical (unpaired) electrons. The van der Waals surface area contributed by atoms with Gasteiger partial charge in [0.2, 0.25) is 5.91 Å². The molecule has 0 aromatic heterocycles. The highest BCUT2D eigenvalue weighted by Gasteiger charge is 2.41. The Bertz CT molecular complexity index is 552. The molecule has 8 nitrogen and oxygen atoms in total. The number of nitrogens with one attached hydrogen (secondary N) is 1. The minimum atomic E-state index is -4.33. The summed E-state index contributed by atoms with van der Waals surface area (Å²) in [6.07, 6.45) is -0.188. The lowest BCUT2D eigenvalue weighted by Gasteiger charge is -2.35. The van der Waals surface area contributed by atoms with Gasteiger partial charge in [0.1, 0.15) is 10.9 Å². The SMILES string of the molecule is CN(C)C(=O)[C@H]1CC[C@@H](S(=O)(=O)O)[C@H](NC(=O)OC(C)(C)C)C1. The van der Waals surface area contributed by atoms with Crippen LogP contribution in [-0.4, -0.2) is 60.9 Å². The van der Waals surface area contributed by atoms with Crippen molar-refractivity contribution in [3.63, 3.8) is 0 Å². The molecule has 1 rings (SSSR count). The minimum absolute atomic E-state index is 0.101. The number of hydrogen-bond donors (Lipinski definition) is 2. The number of carbonyl (C=O) groups excluding carboxylic acids is 2. The molecule has 1 fully saturated rings. The molecule has 0 aromatic carbocycles. The van der Waals surface area contributed by atoms with E-state index in [2.05, 4.69) is 5.32 Å². The van der Waals surface area contributed by atoms with Gasteiger partial charge in [-0.3, -0.25) is 9.35 Å². The van der Waals surface area contributed by atoms with E-state index in [1.165, 1.54) is 4.90 Å². The van der Waals surface area contributed by atoms with Crippen LogP contribution in [0.25, 0.3) is 0 Å². The predicted octanol–water partition coefficient (Wildman–Crippen LogP) is 1.02. The Morgan fingerprint density at radius 1 is 1.22 bits per heavy atom. The second kappa shape index (κ2) is 7.04. The van der Waals surface area contributed by atoms with Crippen LogP contribution < -0.4 is 5.32 Å². The van der Waals surface area contributed by atoms with Crippen molar-refractivity contribution in [3.05, 3.63) is 0 Å². The van der Waals surface area contributed by atoms with E-state index in [4.69, 9.17) is 4.74 Å². The second-order valence-electron chi connectivity index (χ2n) is 7.05. The Balaban J connectivity index is 2.89. The lowest BCUT2D eigenvalue weighted by molar-refractivity contribution is -0.134. The molecular formula is C14H26N2O6S. The van der Waals surface area contributed by atoms with Crippen LogP contribution in [0, 0.1) is 5.92 Å². The molecule has 1 aliphatic rings. The third kappa shape index (κ3) is 5.98. The van der Waals surface area contributed by atoms with Gasteiger partial charge in [-0.15, -0.1) is 0 Å². The first kappa shape index (κ1) is 19.7. The zero-order valence-electron chi connectivity index (χ0n) is 14.2. The molecule has 0 aliphatic heterocycles. The van der Waals surface area contributed by atoms with E-state index in [1.54, 1.807) is 34.9 Å². The van der Waals surface area contributed by atoms with Crippen LogP contribution in [0.4, 0.5) is 4.79 Å². The number of ether oxygens (including phenoxy) is 1. The summed E-state index contributed by atoms with van der Waals surface area (Å²) in [5, 5.41) is 1.35. The quantitative estimate of drug-likeness (QED) is 0.735. The molecule has 9 heteroatoms. The molecule has 134 valence electrons. The normalized spacial score (nSPS) is 25.6. The molecule has 23 heavy (non-hydrogen) atoms. The maximum atomic E-state index is 12.1. The molecule has 0 unspecified atom stereocenters. The fraction of sp³-hybridized carbons (Fsp3) is 0.857. The van der Waals surface area contributed by atoms with Crippen LogP contribution in [0.3, 0.4) is 0 Å². The predicted molar refractivity (Wildman–Crippen MR) is 84.5 cm³/mol. The molecule has 0 heterocycles. The van der Waals surface area contributed by atoms with Gasteiger partial charge in [-0.05, 0) is 40.0 Å². The summed E-state index contributed by atoms with van der Waals surface area (Å²) in [5.74, 6) is -0.530. The van der Waals surface area contributed by atoms with Gasteiger partial charge in [0.15, 0.2) is 0 Å². The zero-order chi connectivity index (χ0) is 18.0. The van der Waals surface area contributed by atoms with Crippen LogP contribution in [0.2, 0.25) is 0 Å². The minimum Gasteiger partial charge on any atom is -0.444 e. The highest BCUT2D eigenvalue weighted by molar-refractivity contribution is 7.86. The molecule has 0 spiro atoms. The topological polar surface area (TPSA) is 113 Å². The summed E-state index contributed by atoms with van der Waals surface area (Å²) in [5.41, 5.74) is -0.731. The molecule has 1 aliphatic carbocycles. The maximum absolute atomic E-state index is 12.1. The summed E-state index contributed by atoms with van der Waals surface area (Å²) in [6, 6.07) is -0.873. The van der Waals surface area contributed by atoms with Gasteiger partial charge in [-0.25, -0.2) is 4.79 Å². The highest BCUT2D eigenvalue weighted by atomic mass is 32.2.